The number of hydrogen-bond donors (Lipinski definition) is 2. The molecule has 3 N–H and O–H groups in total. The Morgan fingerprint density at radius 3 is 2.75 bits per heavy atom. The Morgan fingerprint density at radius 1 is 1.30 bits per heavy atom. The fraction of sp³-hybridized carbons (Fsp3) is 0.133. The van der Waals surface area contributed by atoms with Crippen molar-refractivity contribution in [2.24, 2.45) is 0 Å². The van der Waals surface area contributed by atoms with Gasteiger partial charge < -0.3 is 15.8 Å². The van der Waals surface area contributed by atoms with Crippen LogP contribution < -0.4 is 11.1 Å². The zero-order valence-corrected chi connectivity index (χ0v) is 11.2. The van der Waals surface area contributed by atoms with E-state index in [-0.39, 0.29) is 5.82 Å². The number of carbonyl (C=O) groups excluding carboxylic acids is 1. The van der Waals surface area contributed by atoms with Crippen LogP contribution in [0.25, 0.3) is 0 Å². The van der Waals surface area contributed by atoms with Crippen LogP contribution >= 0.6 is 0 Å². The van der Waals surface area contributed by atoms with Gasteiger partial charge in [0, 0.05) is 5.69 Å². The summed E-state index contributed by atoms with van der Waals surface area (Å²) >= 11 is 0. The van der Waals surface area contributed by atoms with Gasteiger partial charge in [-0.3, -0.25) is 0 Å². The van der Waals surface area contributed by atoms with Gasteiger partial charge in [0.2, 0.25) is 0 Å². The van der Waals surface area contributed by atoms with Gasteiger partial charge in [0.15, 0.2) is 0 Å². The molecule has 0 spiro atoms. The average Bonchev–Trinajstić information content (AvgIpc) is 2.44. The molecule has 0 aliphatic rings. The van der Waals surface area contributed by atoms with E-state index >= 15 is 0 Å². The molecule has 0 heterocycles. The summed E-state index contributed by atoms with van der Waals surface area (Å²) < 4.78 is 18.0. The van der Waals surface area contributed by atoms with Gasteiger partial charge in [-0.2, -0.15) is 0 Å². The van der Waals surface area contributed by atoms with Crippen LogP contribution in [0.3, 0.4) is 0 Å². The summed E-state index contributed by atoms with van der Waals surface area (Å²) in [5, 5.41) is 3.00. The van der Waals surface area contributed by atoms with E-state index in [0.29, 0.717) is 22.6 Å². The molecule has 0 fully saturated rings. The van der Waals surface area contributed by atoms with Gasteiger partial charge >= 0.3 is 5.97 Å². The minimum absolute atomic E-state index is 0.302. The monoisotopic (exact) mass is 274 g/mol. The SMILES string of the molecule is COC(=O)c1cccc(N)c1Nc1cc(F)ccc1C. The zero-order chi connectivity index (χ0) is 14.7. The standard InChI is InChI=1S/C15H15FN2O2/c1-9-6-7-10(16)8-13(9)18-14-11(15(19)20-2)4-3-5-12(14)17/h3-8,18H,17H2,1-2H3. The fourth-order valence-electron chi connectivity index (χ4n) is 1.85. The van der Waals surface area contributed by atoms with Crippen molar-refractivity contribution in [2.45, 2.75) is 6.92 Å². The Labute approximate surface area is 116 Å². The van der Waals surface area contributed by atoms with Crippen molar-refractivity contribution in [3.8, 4) is 0 Å². The second-order valence-electron chi connectivity index (χ2n) is 4.35. The van der Waals surface area contributed by atoms with Crippen LogP contribution in [0.1, 0.15) is 15.9 Å². The average molecular weight is 274 g/mol. The predicted octanol–water partition coefficient (Wildman–Crippen LogP) is 3.25. The molecule has 2 aromatic carbocycles. The molecule has 0 bridgehead atoms. The van der Waals surface area contributed by atoms with Crippen LogP contribution in [0.2, 0.25) is 0 Å². The van der Waals surface area contributed by atoms with Crippen molar-refractivity contribution in [3.05, 3.63) is 53.3 Å². The van der Waals surface area contributed by atoms with E-state index in [1.807, 2.05) is 6.92 Å². The number of nitrogens with one attached hydrogen (secondary N) is 1. The molecular formula is C15H15FN2O2. The highest BCUT2D eigenvalue weighted by Crippen LogP contribution is 2.29. The molecule has 0 amide bonds. The van der Waals surface area contributed by atoms with Crippen LogP contribution in [0.15, 0.2) is 36.4 Å². The van der Waals surface area contributed by atoms with Crippen molar-refractivity contribution in [1.82, 2.24) is 0 Å². The number of rotatable bonds is 3. The quantitative estimate of drug-likeness (QED) is 0.666. The molecule has 0 aliphatic carbocycles. The first-order valence-corrected chi connectivity index (χ1v) is 6.03. The molecule has 5 heteroatoms. The number of ether oxygens (including phenoxy) is 1. The van der Waals surface area contributed by atoms with Crippen molar-refractivity contribution in [2.75, 3.05) is 18.2 Å². The molecule has 0 saturated heterocycles. The van der Waals surface area contributed by atoms with Crippen LogP contribution in [-0.2, 0) is 4.74 Å². The first-order chi connectivity index (χ1) is 9.52. The van der Waals surface area contributed by atoms with Gasteiger partial charge in [0.05, 0.1) is 24.0 Å². The minimum atomic E-state index is -0.506. The van der Waals surface area contributed by atoms with Gasteiger partial charge in [-0.1, -0.05) is 12.1 Å². The molecule has 104 valence electrons. The summed E-state index contributed by atoms with van der Waals surface area (Å²) in [5.41, 5.74) is 8.37. The van der Waals surface area contributed by atoms with E-state index in [0.717, 1.165) is 5.56 Å². The van der Waals surface area contributed by atoms with Crippen molar-refractivity contribution in [1.29, 1.82) is 0 Å². The largest absolute Gasteiger partial charge is 0.465 e. The molecule has 0 radical (unpaired) electrons. The number of benzene rings is 2. The maximum Gasteiger partial charge on any atom is 0.340 e. The Kier molecular flexibility index (Phi) is 3.89. The second-order valence-corrected chi connectivity index (χ2v) is 4.35. The third kappa shape index (κ3) is 2.71. The van der Waals surface area contributed by atoms with Gasteiger partial charge in [-0.05, 0) is 36.8 Å². The Hall–Kier alpha value is -2.56. The minimum Gasteiger partial charge on any atom is -0.465 e. The summed E-state index contributed by atoms with van der Waals surface area (Å²) in [7, 11) is 1.29. The molecular weight excluding hydrogens is 259 g/mol. The molecule has 2 rings (SSSR count). The van der Waals surface area contributed by atoms with E-state index in [1.165, 1.54) is 19.2 Å². The van der Waals surface area contributed by atoms with Crippen LogP contribution in [0.4, 0.5) is 21.5 Å². The Morgan fingerprint density at radius 2 is 2.05 bits per heavy atom. The van der Waals surface area contributed by atoms with Gasteiger partial charge in [-0.25, -0.2) is 9.18 Å². The van der Waals surface area contributed by atoms with E-state index in [9.17, 15) is 9.18 Å². The van der Waals surface area contributed by atoms with Gasteiger partial charge in [-0.15, -0.1) is 0 Å². The third-order valence-electron chi connectivity index (χ3n) is 2.96. The molecule has 2 aromatic rings. The van der Waals surface area contributed by atoms with Gasteiger partial charge in [0.25, 0.3) is 0 Å². The molecule has 0 saturated carbocycles. The summed E-state index contributed by atoms with van der Waals surface area (Å²) in [6.07, 6.45) is 0. The molecule has 20 heavy (non-hydrogen) atoms. The lowest BCUT2D eigenvalue weighted by Crippen LogP contribution is -2.08. The summed E-state index contributed by atoms with van der Waals surface area (Å²) in [5.74, 6) is -0.874. The number of para-hydroxylation sites is 1. The number of nitrogen functional groups attached to an aromatic ring is 1. The first-order valence-electron chi connectivity index (χ1n) is 6.03. The highest BCUT2D eigenvalue weighted by atomic mass is 19.1. The van der Waals surface area contributed by atoms with Crippen LogP contribution in [-0.4, -0.2) is 13.1 Å². The highest BCUT2D eigenvalue weighted by Gasteiger charge is 2.15. The van der Waals surface area contributed by atoms with Crippen LogP contribution in [0.5, 0.6) is 0 Å². The normalized spacial score (nSPS) is 10.2. The number of halogens is 1. The van der Waals surface area contributed by atoms with E-state index < -0.39 is 5.97 Å². The fourth-order valence-corrected chi connectivity index (χ4v) is 1.85. The lowest BCUT2D eigenvalue weighted by molar-refractivity contribution is 0.0602. The molecule has 0 unspecified atom stereocenters. The number of aryl methyl sites for hydroxylation is 1. The smallest absolute Gasteiger partial charge is 0.340 e. The maximum absolute atomic E-state index is 13.3. The van der Waals surface area contributed by atoms with Gasteiger partial charge in [0.1, 0.15) is 5.82 Å². The van der Waals surface area contributed by atoms with E-state index in [4.69, 9.17) is 10.5 Å². The Balaban J connectivity index is 2.47. The number of anilines is 3. The zero-order valence-electron chi connectivity index (χ0n) is 11.2. The maximum atomic E-state index is 13.3. The number of carbonyl (C=O) groups is 1. The summed E-state index contributed by atoms with van der Waals surface area (Å²) in [6.45, 7) is 1.83. The molecule has 4 nitrogen and oxygen atoms in total. The van der Waals surface area contributed by atoms with E-state index in [1.54, 1.807) is 24.3 Å². The molecule has 0 aliphatic heterocycles. The topological polar surface area (TPSA) is 64.3 Å². The molecule has 0 aromatic heterocycles. The summed E-state index contributed by atoms with van der Waals surface area (Å²) in [6, 6.07) is 9.28. The first kappa shape index (κ1) is 13.9. The third-order valence-corrected chi connectivity index (χ3v) is 2.96. The summed E-state index contributed by atoms with van der Waals surface area (Å²) in [4.78, 5) is 11.7. The Bertz CT molecular complexity index is 656. The lowest BCUT2D eigenvalue weighted by Gasteiger charge is -2.15. The lowest BCUT2D eigenvalue weighted by atomic mass is 10.1. The number of esters is 1. The van der Waals surface area contributed by atoms with E-state index in [2.05, 4.69) is 5.32 Å². The van der Waals surface area contributed by atoms with Crippen LogP contribution in [0, 0.1) is 12.7 Å². The number of methoxy groups -OCH3 is 1. The number of nitrogens with two attached hydrogens (primary N) is 1. The second kappa shape index (κ2) is 5.61. The van der Waals surface area contributed by atoms with Crippen molar-refractivity contribution < 1.29 is 13.9 Å². The van der Waals surface area contributed by atoms with Crippen molar-refractivity contribution in [3.63, 3.8) is 0 Å². The van der Waals surface area contributed by atoms with Crippen molar-refractivity contribution >= 4 is 23.0 Å². The predicted molar refractivity (Wildman–Crippen MR) is 76.6 cm³/mol. The molecule has 0 atom stereocenters. The number of hydrogen-bond acceptors (Lipinski definition) is 4. The highest BCUT2D eigenvalue weighted by molar-refractivity contribution is 6.00.